The van der Waals surface area contributed by atoms with E-state index in [1.165, 1.54) is 7.11 Å². The van der Waals surface area contributed by atoms with E-state index in [1.54, 1.807) is 24.3 Å². The number of esters is 1. The Hall–Kier alpha value is -1.82. The number of nitrogens with zero attached hydrogens (tertiary/aromatic N) is 1. The van der Waals surface area contributed by atoms with Crippen LogP contribution in [-0.4, -0.2) is 13.1 Å². The van der Waals surface area contributed by atoms with Crippen molar-refractivity contribution in [3.63, 3.8) is 0 Å². The summed E-state index contributed by atoms with van der Waals surface area (Å²) in [5.74, 6) is -0.331. The standard InChI is InChI=1S/C10H9NO2/c1-13-10(12)6-8-4-2-3-5-9(8)7-11/h2-5H,6H2,1H3. The molecule has 0 atom stereocenters. The molecule has 3 heteroatoms. The summed E-state index contributed by atoms with van der Waals surface area (Å²) < 4.78 is 4.51. The van der Waals surface area contributed by atoms with Crippen molar-refractivity contribution in [1.29, 1.82) is 5.26 Å². The minimum absolute atomic E-state index is 0.153. The molecule has 0 aliphatic carbocycles. The van der Waals surface area contributed by atoms with E-state index in [0.717, 1.165) is 0 Å². The molecule has 0 saturated carbocycles. The van der Waals surface area contributed by atoms with Crippen LogP contribution in [-0.2, 0) is 16.0 Å². The molecule has 0 unspecified atom stereocenters. The lowest BCUT2D eigenvalue weighted by Crippen LogP contribution is -2.05. The predicted octanol–water partition coefficient (Wildman–Crippen LogP) is 1.27. The monoisotopic (exact) mass is 175 g/mol. The average Bonchev–Trinajstić information content (AvgIpc) is 2.18. The number of rotatable bonds is 2. The number of nitriles is 1. The van der Waals surface area contributed by atoms with Gasteiger partial charge >= 0.3 is 5.97 Å². The second kappa shape index (κ2) is 4.27. The van der Waals surface area contributed by atoms with Crippen LogP contribution in [0.1, 0.15) is 11.1 Å². The van der Waals surface area contributed by atoms with Crippen LogP contribution in [0.2, 0.25) is 0 Å². The highest BCUT2D eigenvalue weighted by molar-refractivity contribution is 5.73. The van der Waals surface area contributed by atoms with Crippen molar-refractivity contribution >= 4 is 5.97 Å². The van der Waals surface area contributed by atoms with Crippen LogP contribution in [0.25, 0.3) is 0 Å². The van der Waals surface area contributed by atoms with E-state index in [9.17, 15) is 4.79 Å². The summed E-state index contributed by atoms with van der Waals surface area (Å²) in [5, 5.41) is 8.70. The fourth-order valence-electron chi connectivity index (χ4n) is 1.01. The van der Waals surface area contributed by atoms with Gasteiger partial charge in [0.2, 0.25) is 0 Å². The van der Waals surface area contributed by atoms with Gasteiger partial charge in [0.25, 0.3) is 0 Å². The minimum Gasteiger partial charge on any atom is -0.469 e. The first-order valence-electron chi connectivity index (χ1n) is 3.82. The molecule has 1 aromatic rings. The third-order valence-corrected chi connectivity index (χ3v) is 1.70. The number of methoxy groups -OCH3 is 1. The second-order valence-electron chi connectivity index (χ2n) is 2.52. The highest BCUT2D eigenvalue weighted by Gasteiger charge is 2.06. The lowest BCUT2D eigenvalue weighted by molar-refractivity contribution is -0.139. The van der Waals surface area contributed by atoms with Gasteiger partial charge in [0.1, 0.15) is 0 Å². The molecule has 0 bridgehead atoms. The second-order valence-corrected chi connectivity index (χ2v) is 2.52. The van der Waals surface area contributed by atoms with Crippen LogP contribution in [0.3, 0.4) is 0 Å². The largest absolute Gasteiger partial charge is 0.469 e. The number of carbonyl (C=O) groups is 1. The van der Waals surface area contributed by atoms with Gasteiger partial charge in [0, 0.05) is 0 Å². The molecule has 3 nitrogen and oxygen atoms in total. The summed E-state index contributed by atoms with van der Waals surface area (Å²) >= 11 is 0. The fraction of sp³-hybridized carbons (Fsp3) is 0.200. The maximum atomic E-state index is 10.9. The molecule has 0 aliphatic rings. The smallest absolute Gasteiger partial charge is 0.310 e. The maximum Gasteiger partial charge on any atom is 0.310 e. The van der Waals surface area contributed by atoms with E-state index >= 15 is 0 Å². The molecule has 0 N–H and O–H groups in total. The van der Waals surface area contributed by atoms with Gasteiger partial charge in [-0.2, -0.15) is 5.26 Å². The summed E-state index contributed by atoms with van der Waals surface area (Å²) in [6.07, 6.45) is 0.153. The van der Waals surface area contributed by atoms with Crippen LogP contribution in [0.15, 0.2) is 24.3 Å². The molecule has 1 aromatic carbocycles. The zero-order valence-electron chi connectivity index (χ0n) is 7.28. The highest BCUT2D eigenvalue weighted by atomic mass is 16.5. The quantitative estimate of drug-likeness (QED) is 0.636. The normalized spacial score (nSPS) is 8.92. The molecular weight excluding hydrogens is 166 g/mol. The Kier molecular flexibility index (Phi) is 3.04. The van der Waals surface area contributed by atoms with Crippen molar-refractivity contribution < 1.29 is 9.53 Å². The highest BCUT2D eigenvalue weighted by Crippen LogP contribution is 2.08. The lowest BCUT2D eigenvalue weighted by Gasteiger charge is -2.00. The predicted molar refractivity (Wildman–Crippen MR) is 46.9 cm³/mol. The first-order chi connectivity index (χ1) is 6.27. The van der Waals surface area contributed by atoms with Crippen molar-refractivity contribution in [2.75, 3.05) is 7.11 Å². The van der Waals surface area contributed by atoms with Crippen molar-refractivity contribution in [2.45, 2.75) is 6.42 Å². The third-order valence-electron chi connectivity index (χ3n) is 1.70. The lowest BCUT2D eigenvalue weighted by atomic mass is 10.1. The average molecular weight is 175 g/mol. The maximum absolute atomic E-state index is 10.9. The van der Waals surface area contributed by atoms with Crippen molar-refractivity contribution in [1.82, 2.24) is 0 Å². The van der Waals surface area contributed by atoms with Gasteiger partial charge in [0.05, 0.1) is 25.2 Å². The van der Waals surface area contributed by atoms with Gasteiger partial charge in [-0.3, -0.25) is 4.79 Å². The molecule has 0 saturated heterocycles. The number of carbonyl (C=O) groups excluding carboxylic acids is 1. The van der Waals surface area contributed by atoms with Gasteiger partial charge in [-0.05, 0) is 11.6 Å². The minimum atomic E-state index is -0.331. The SMILES string of the molecule is COC(=O)Cc1ccccc1C#N. The summed E-state index contributed by atoms with van der Waals surface area (Å²) in [4.78, 5) is 10.9. The Morgan fingerprint density at radius 2 is 2.23 bits per heavy atom. The Morgan fingerprint density at radius 1 is 1.54 bits per heavy atom. The zero-order chi connectivity index (χ0) is 9.68. The molecule has 66 valence electrons. The zero-order valence-corrected chi connectivity index (χ0v) is 7.28. The Morgan fingerprint density at radius 3 is 2.85 bits per heavy atom. The van der Waals surface area contributed by atoms with E-state index in [1.807, 2.05) is 6.07 Å². The van der Waals surface area contributed by atoms with E-state index in [-0.39, 0.29) is 12.4 Å². The summed E-state index contributed by atoms with van der Waals surface area (Å²) in [6.45, 7) is 0. The van der Waals surface area contributed by atoms with Gasteiger partial charge in [-0.15, -0.1) is 0 Å². The summed E-state index contributed by atoms with van der Waals surface area (Å²) in [7, 11) is 1.33. The fourth-order valence-corrected chi connectivity index (χ4v) is 1.01. The number of hydrogen-bond acceptors (Lipinski definition) is 3. The Labute approximate surface area is 76.6 Å². The number of ether oxygens (including phenoxy) is 1. The topological polar surface area (TPSA) is 50.1 Å². The van der Waals surface area contributed by atoms with E-state index in [2.05, 4.69) is 4.74 Å². The third kappa shape index (κ3) is 2.31. The van der Waals surface area contributed by atoms with Crippen LogP contribution in [0.5, 0.6) is 0 Å². The van der Waals surface area contributed by atoms with Gasteiger partial charge in [-0.25, -0.2) is 0 Å². The molecule has 13 heavy (non-hydrogen) atoms. The molecule has 0 heterocycles. The van der Waals surface area contributed by atoms with Crippen LogP contribution < -0.4 is 0 Å². The summed E-state index contributed by atoms with van der Waals surface area (Å²) in [6, 6.07) is 9.00. The molecular formula is C10H9NO2. The first-order valence-corrected chi connectivity index (χ1v) is 3.82. The molecule has 0 spiro atoms. The van der Waals surface area contributed by atoms with E-state index < -0.39 is 0 Å². The van der Waals surface area contributed by atoms with Gasteiger partial charge < -0.3 is 4.74 Å². The molecule has 0 radical (unpaired) electrons. The molecule has 0 aromatic heterocycles. The van der Waals surface area contributed by atoms with Crippen LogP contribution in [0.4, 0.5) is 0 Å². The van der Waals surface area contributed by atoms with Gasteiger partial charge in [0.15, 0.2) is 0 Å². The Balaban J connectivity index is 2.89. The van der Waals surface area contributed by atoms with Crippen LogP contribution in [0, 0.1) is 11.3 Å². The number of benzene rings is 1. The van der Waals surface area contributed by atoms with Crippen molar-refractivity contribution in [3.8, 4) is 6.07 Å². The first kappa shape index (κ1) is 9.27. The molecule has 0 amide bonds. The van der Waals surface area contributed by atoms with E-state index in [4.69, 9.17) is 5.26 Å². The van der Waals surface area contributed by atoms with Crippen molar-refractivity contribution in [2.24, 2.45) is 0 Å². The van der Waals surface area contributed by atoms with Crippen LogP contribution >= 0.6 is 0 Å². The molecule has 0 aliphatic heterocycles. The molecule has 0 fully saturated rings. The number of hydrogen-bond donors (Lipinski definition) is 0. The van der Waals surface area contributed by atoms with Crippen molar-refractivity contribution in [3.05, 3.63) is 35.4 Å². The van der Waals surface area contributed by atoms with Gasteiger partial charge in [-0.1, -0.05) is 18.2 Å². The molecule has 1 rings (SSSR count). The Bertz CT molecular complexity index is 352. The summed E-state index contributed by atoms with van der Waals surface area (Å²) in [5.41, 5.74) is 1.23. The van der Waals surface area contributed by atoms with E-state index in [0.29, 0.717) is 11.1 Å².